The minimum atomic E-state index is -3.84. The summed E-state index contributed by atoms with van der Waals surface area (Å²) < 4.78 is 27.5. The molecule has 8 nitrogen and oxygen atoms in total. The molecule has 0 saturated carbocycles. The number of imidazole rings is 1. The third kappa shape index (κ3) is 4.82. The van der Waals surface area contributed by atoms with Crippen LogP contribution in [0.5, 0.6) is 0 Å². The molecule has 1 rings (SSSR count). The first kappa shape index (κ1) is 14.6. The Kier molecular flexibility index (Phi) is 4.82. The van der Waals surface area contributed by atoms with Crippen molar-refractivity contribution in [1.29, 1.82) is 0 Å². The average molecular weight is 276 g/mol. The van der Waals surface area contributed by atoms with Gasteiger partial charge in [-0.3, -0.25) is 4.79 Å². The van der Waals surface area contributed by atoms with E-state index in [1.165, 1.54) is 12.5 Å². The van der Waals surface area contributed by atoms with Crippen molar-refractivity contribution in [3.05, 3.63) is 18.2 Å². The first-order chi connectivity index (χ1) is 8.30. The Morgan fingerprint density at radius 3 is 2.61 bits per heavy atom. The molecule has 0 amide bonds. The van der Waals surface area contributed by atoms with E-state index in [-0.39, 0.29) is 12.5 Å². The molecule has 0 aliphatic heterocycles. The Labute approximate surface area is 105 Å². The Balaban J connectivity index is 2.72. The quantitative estimate of drug-likeness (QED) is 0.521. The van der Waals surface area contributed by atoms with Crippen LogP contribution >= 0.6 is 0 Å². The van der Waals surface area contributed by atoms with Crippen molar-refractivity contribution in [2.75, 3.05) is 0 Å². The van der Waals surface area contributed by atoms with Gasteiger partial charge in [-0.15, -0.1) is 0 Å². The van der Waals surface area contributed by atoms with Crippen molar-refractivity contribution in [3.63, 3.8) is 0 Å². The van der Waals surface area contributed by atoms with Gasteiger partial charge in [-0.2, -0.15) is 17.9 Å². The largest absolute Gasteiger partial charge is 0.480 e. The lowest BCUT2D eigenvalue weighted by Gasteiger charge is -2.15. The zero-order valence-corrected chi connectivity index (χ0v) is 10.9. The van der Waals surface area contributed by atoms with Gasteiger partial charge < -0.3 is 10.1 Å². The molecule has 102 valence electrons. The second kappa shape index (κ2) is 5.94. The van der Waals surface area contributed by atoms with Crippen LogP contribution in [0.2, 0.25) is 0 Å². The maximum atomic E-state index is 11.6. The monoisotopic (exact) mass is 276 g/mol. The first-order valence-corrected chi connectivity index (χ1v) is 6.78. The molecule has 0 bridgehead atoms. The summed E-state index contributed by atoms with van der Waals surface area (Å²) in [5.74, 6) is -1.25. The van der Waals surface area contributed by atoms with Gasteiger partial charge in [0, 0.05) is 24.4 Å². The Hall–Kier alpha value is -1.45. The fourth-order valence-corrected chi connectivity index (χ4v) is 2.57. The minimum Gasteiger partial charge on any atom is -0.480 e. The SMILES string of the molecule is CC(C)NS(=O)(=O)NC(Cc1cnc[nH]1)C(=O)O. The van der Waals surface area contributed by atoms with Gasteiger partial charge in [-0.1, -0.05) is 0 Å². The lowest BCUT2D eigenvalue weighted by molar-refractivity contribution is -0.138. The maximum Gasteiger partial charge on any atom is 0.322 e. The molecule has 0 spiro atoms. The van der Waals surface area contributed by atoms with E-state index in [1.54, 1.807) is 13.8 Å². The highest BCUT2D eigenvalue weighted by Crippen LogP contribution is 2.00. The molecule has 9 heteroatoms. The molecule has 18 heavy (non-hydrogen) atoms. The summed E-state index contributed by atoms with van der Waals surface area (Å²) in [5, 5.41) is 8.98. The maximum absolute atomic E-state index is 11.6. The molecule has 0 aliphatic carbocycles. The van der Waals surface area contributed by atoms with E-state index in [0.29, 0.717) is 5.69 Å². The summed E-state index contributed by atoms with van der Waals surface area (Å²) in [6.45, 7) is 3.29. The molecule has 0 fully saturated rings. The highest BCUT2D eigenvalue weighted by atomic mass is 32.2. The van der Waals surface area contributed by atoms with Crippen LogP contribution in [-0.2, 0) is 21.4 Å². The number of carboxylic acids is 1. The van der Waals surface area contributed by atoms with Gasteiger partial charge in [0.15, 0.2) is 0 Å². The van der Waals surface area contributed by atoms with Crippen LogP contribution in [0.3, 0.4) is 0 Å². The molecular weight excluding hydrogens is 260 g/mol. The highest BCUT2D eigenvalue weighted by molar-refractivity contribution is 7.87. The molecule has 0 radical (unpaired) electrons. The average Bonchev–Trinajstić information content (AvgIpc) is 2.66. The van der Waals surface area contributed by atoms with Crippen LogP contribution in [0.1, 0.15) is 19.5 Å². The minimum absolute atomic E-state index is 0.00562. The summed E-state index contributed by atoms with van der Waals surface area (Å²) >= 11 is 0. The number of carboxylic acid groups (broad SMARTS) is 1. The van der Waals surface area contributed by atoms with Crippen molar-refractivity contribution in [1.82, 2.24) is 19.4 Å². The molecule has 0 aliphatic rings. The first-order valence-electron chi connectivity index (χ1n) is 5.30. The van der Waals surface area contributed by atoms with Gasteiger partial charge in [0.2, 0.25) is 0 Å². The van der Waals surface area contributed by atoms with Crippen LogP contribution in [0, 0.1) is 0 Å². The van der Waals surface area contributed by atoms with Crippen molar-refractivity contribution in [3.8, 4) is 0 Å². The van der Waals surface area contributed by atoms with Crippen molar-refractivity contribution in [2.45, 2.75) is 32.4 Å². The number of carbonyl (C=O) groups is 1. The summed E-state index contributed by atoms with van der Waals surface area (Å²) in [4.78, 5) is 17.5. The van der Waals surface area contributed by atoms with Gasteiger partial charge in [-0.25, -0.2) is 4.98 Å². The second-order valence-electron chi connectivity index (χ2n) is 4.07. The molecule has 1 unspecified atom stereocenters. The molecule has 1 aromatic rings. The van der Waals surface area contributed by atoms with Crippen molar-refractivity contribution < 1.29 is 18.3 Å². The third-order valence-corrected chi connectivity index (χ3v) is 3.34. The normalized spacial score (nSPS) is 13.7. The summed E-state index contributed by atoms with van der Waals surface area (Å²) in [7, 11) is -3.84. The molecule has 1 atom stereocenters. The molecule has 4 N–H and O–H groups in total. The van der Waals surface area contributed by atoms with E-state index in [4.69, 9.17) is 5.11 Å². The van der Waals surface area contributed by atoms with Gasteiger partial charge in [0.05, 0.1) is 6.33 Å². The fourth-order valence-electron chi connectivity index (χ4n) is 1.33. The van der Waals surface area contributed by atoms with Gasteiger partial charge >= 0.3 is 5.97 Å². The van der Waals surface area contributed by atoms with Crippen LogP contribution < -0.4 is 9.44 Å². The van der Waals surface area contributed by atoms with Crippen LogP contribution in [-0.4, -0.2) is 41.5 Å². The zero-order valence-electron chi connectivity index (χ0n) is 10.0. The fraction of sp³-hybridized carbons (Fsp3) is 0.556. The summed E-state index contributed by atoms with van der Waals surface area (Å²) in [6, 6.07) is -1.56. The lowest BCUT2D eigenvalue weighted by Crippen LogP contribution is -2.49. The van der Waals surface area contributed by atoms with E-state index in [9.17, 15) is 13.2 Å². The predicted molar refractivity (Wildman–Crippen MR) is 64.0 cm³/mol. The second-order valence-corrected chi connectivity index (χ2v) is 5.54. The van der Waals surface area contributed by atoms with E-state index in [2.05, 4.69) is 19.4 Å². The lowest BCUT2D eigenvalue weighted by atomic mass is 10.2. The van der Waals surface area contributed by atoms with E-state index < -0.39 is 22.2 Å². The van der Waals surface area contributed by atoms with Gasteiger partial charge in [-0.05, 0) is 13.8 Å². The number of hydrogen-bond donors (Lipinski definition) is 4. The Morgan fingerprint density at radius 2 is 2.17 bits per heavy atom. The van der Waals surface area contributed by atoms with Crippen LogP contribution in [0.25, 0.3) is 0 Å². The molecule has 0 saturated heterocycles. The van der Waals surface area contributed by atoms with E-state index >= 15 is 0 Å². The van der Waals surface area contributed by atoms with E-state index in [0.717, 1.165) is 0 Å². The van der Waals surface area contributed by atoms with E-state index in [1.807, 2.05) is 0 Å². The smallest absolute Gasteiger partial charge is 0.322 e. The number of hydrogen-bond acceptors (Lipinski definition) is 4. The molecular formula is C9H16N4O4S. The van der Waals surface area contributed by atoms with Crippen LogP contribution in [0.4, 0.5) is 0 Å². The third-order valence-electron chi connectivity index (χ3n) is 1.97. The van der Waals surface area contributed by atoms with Crippen molar-refractivity contribution in [2.24, 2.45) is 0 Å². The molecule has 1 aromatic heterocycles. The number of aromatic amines is 1. The van der Waals surface area contributed by atoms with Crippen LogP contribution in [0.15, 0.2) is 12.5 Å². The van der Waals surface area contributed by atoms with Gasteiger partial charge in [0.1, 0.15) is 6.04 Å². The number of H-pyrrole nitrogens is 1. The predicted octanol–water partition coefficient (Wildman–Crippen LogP) is -0.762. The number of aromatic nitrogens is 2. The number of rotatable bonds is 7. The zero-order chi connectivity index (χ0) is 13.8. The standard InChI is InChI=1S/C9H16N4O4S/c1-6(2)12-18(16,17)13-8(9(14)15)3-7-4-10-5-11-7/h4-6,8,12-13H,3H2,1-2H3,(H,10,11)(H,14,15). The number of nitrogens with one attached hydrogen (secondary N) is 3. The Morgan fingerprint density at radius 1 is 1.50 bits per heavy atom. The number of aliphatic carboxylic acids is 1. The summed E-state index contributed by atoms with van der Waals surface area (Å²) in [5.41, 5.74) is 0.537. The summed E-state index contributed by atoms with van der Waals surface area (Å²) in [6.07, 6.45) is 2.84. The van der Waals surface area contributed by atoms with Gasteiger partial charge in [0.25, 0.3) is 10.2 Å². The molecule has 1 heterocycles. The highest BCUT2D eigenvalue weighted by Gasteiger charge is 2.25. The van der Waals surface area contributed by atoms with Crippen molar-refractivity contribution >= 4 is 16.2 Å². The Bertz CT molecular complexity index is 483. The number of nitrogens with zero attached hydrogens (tertiary/aromatic N) is 1. The molecule has 0 aromatic carbocycles. The topological polar surface area (TPSA) is 124 Å².